The maximum atomic E-state index is 12.4. The third kappa shape index (κ3) is 5.94. The average Bonchev–Trinajstić information content (AvgIpc) is 3.18. The summed E-state index contributed by atoms with van der Waals surface area (Å²) in [6, 6.07) is 10.0. The molecule has 0 radical (unpaired) electrons. The first-order valence-corrected chi connectivity index (χ1v) is 10.2. The van der Waals surface area contributed by atoms with Crippen molar-refractivity contribution >= 4 is 17.7 Å². The van der Waals surface area contributed by atoms with Crippen molar-refractivity contribution in [3.63, 3.8) is 0 Å². The molecule has 2 heterocycles. The van der Waals surface area contributed by atoms with E-state index >= 15 is 0 Å². The maximum Gasteiger partial charge on any atom is 0.254 e. The summed E-state index contributed by atoms with van der Waals surface area (Å²) in [5.41, 5.74) is 2.27. The summed E-state index contributed by atoms with van der Waals surface area (Å²) in [7, 11) is 0. The van der Waals surface area contributed by atoms with E-state index in [9.17, 15) is 9.59 Å². The Morgan fingerprint density at radius 3 is 2.89 bits per heavy atom. The fraction of sp³-hybridized carbons (Fsp3) is 0.450. The lowest BCUT2D eigenvalue weighted by atomic mass is 10.1. The quantitative estimate of drug-likeness (QED) is 0.537. The SMILES string of the molecule is Cc1nc(SCc2ccccc2)[nH]c(=O)c1CCC(=O)NC[C@H]1CCCO1. The lowest BCUT2D eigenvalue weighted by Crippen LogP contribution is -2.32. The van der Waals surface area contributed by atoms with Crippen LogP contribution in [-0.4, -0.2) is 35.1 Å². The summed E-state index contributed by atoms with van der Waals surface area (Å²) in [6.07, 6.45) is 2.83. The van der Waals surface area contributed by atoms with Gasteiger partial charge in [-0.2, -0.15) is 0 Å². The minimum atomic E-state index is -0.162. The first kappa shape index (κ1) is 19.6. The molecule has 1 fully saturated rings. The molecular formula is C20H25N3O3S. The number of rotatable bonds is 8. The van der Waals surface area contributed by atoms with Crippen LogP contribution in [0.2, 0.25) is 0 Å². The number of carbonyl (C=O) groups excluding carboxylic acids is 1. The standard InChI is InChI=1S/C20H25N3O3S/c1-14-17(9-10-18(24)21-12-16-8-5-11-26-16)19(25)23-20(22-14)27-13-15-6-3-2-4-7-15/h2-4,6-7,16H,5,8-13H2,1H3,(H,21,24)(H,22,23,25)/t16-/m1/s1. The molecule has 6 nitrogen and oxygen atoms in total. The predicted octanol–water partition coefficient (Wildman–Crippen LogP) is 2.60. The van der Waals surface area contributed by atoms with Gasteiger partial charge in [0.15, 0.2) is 5.16 Å². The summed E-state index contributed by atoms with van der Waals surface area (Å²) in [4.78, 5) is 31.7. The van der Waals surface area contributed by atoms with Crippen molar-refractivity contribution < 1.29 is 9.53 Å². The van der Waals surface area contributed by atoms with Crippen molar-refractivity contribution in [1.29, 1.82) is 0 Å². The number of amides is 1. The number of carbonyl (C=O) groups is 1. The number of benzene rings is 1. The Bertz CT molecular complexity index is 817. The number of hydrogen-bond donors (Lipinski definition) is 2. The van der Waals surface area contributed by atoms with Crippen LogP contribution in [0, 0.1) is 6.92 Å². The van der Waals surface area contributed by atoms with Gasteiger partial charge in [0.05, 0.1) is 6.10 Å². The van der Waals surface area contributed by atoms with E-state index in [1.54, 1.807) is 0 Å². The molecule has 1 aliphatic heterocycles. The molecule has 1 atom stereocenters. The largest absolute Gasteiger partial charge is 0.376 e. The number of aromatic nitrogens is 2. The third-order valence-electron chi connectivity index (χ3n) is 4.57. The number of thioether (sulfide) groups is 1. The van der Waals surface area contributed by atoms with Gasteiger partial charge >= 0.3 is 0 Å². The molecule has 1 aliphatic rings. The van der Waals surface area contributed by atoms with Crippen LogP contribution in [0.4, 0.5) is 0 Å². The molecule has 0 aliphatic carbocycles. The van der Waals surface area contributed by atoms with Crippen LogP contribution < -0.4 is 10.9 Å². The molecule has 2 aromatic rings. The molecule has 1 aromatic heterocycles. The first-order chi connectivity index (χ1) is 13.1. The van der Waals surface area contributed by atoms with Crippen molar-refractivity contribution in [2.24, 2.45) is 0 Å². The van der Waals surface area contributed by atoms with Crippen LogP contribution in [-0.2, 0) is 21.7 Å². The van der Waals surface area contributed by atoms with Gasteiger partial charge < -0.3 is 15.0 Å². The van der Waals surface area contributed by atoms with Gasteiger partial charge in [-0.1, -0.05) is 42.1 Å². The van der Waals surface area contributed by atoms with Gasteiger partial charge in [-0.25, -0.2) is 4.98 Å². The minimum Gasteiger partial charge on any atom is -0.376 e. The molecule has 0 saturated carbocycles. The third-order valence-corrected chi connectivity index (χ3v) is 5.52. The number of hydrogen-bond acceptors (Lipinski definition) is 5. The van der Waals surface area contributed by atoms with Crippen molar-refractivity contribution in [3.8, 4) is 0 Å². The molecule has 1 saturated heterocycles. The minimum absolute atomic E-state index is 0.0631. The summed E-state index contributed by atoms with van der Waals surface area (Å²) in [5, 5.41) is 3.49. The zero-order valence-corrected chi connectivity index (χ0v) is 16.3. The average molecular weight is 388 g/mol. The smallest absolute Gasteiger partial charge is 0.254 e. The van der Waals surface area contributed by atoms with Crippen LogP contribution in [0.5, 0.6) is 0 Å². The topological polar surface area (TPSA) is 84.1 Å². The van der Waals surface area contributed by atoms with Crippen molar-refractivity contribution in [2.75, 3.05) is 13.2 Å². The van der Waals surface area contributed by atoms with Crippen LogP contribution in [0.25, 0.3) is 0 Å². The lowest BCUT2D eigenvalue weighted by Gasteiger charge is -2.11. The number of aromatic amines is 1. The normalized spacial score (nSPS) is 16.4. The Morgan fingerprint density at radius 1 is 1.37 bits per heavy atom. The number of nitrogens with one attached hydrogen (secondary N) is 2. The van der Waals surface area contributed by atoms with Gasteiger partial charge in [0.2, 0.25) is 5.91 Å². The van der Waals surface area contributed by atoms with Gasteiger partial charge in [0.25, 0.3) is 5.56 Å². The second-order valence-corrected chi connectivity index (χ2v) is 7.61. The van der Waals surface area contributed by atoms with E-state index in [0.29, 0.717) is 29.4 Å². The van der Waals surface area contributed by atoms with Gasteiger partial charge in [0, 0.05) is 36.6 Å². The monoisotopic (exact) mass is 387 g/mol. The van der Waals surface area contributed by atoms with E-state index in [-0.39, 0.29) is 24.0 Å². The van der Waals surface area contributed by atoms with E-state index in [0.717, 1.165) is 25.2 Å². The van der Waals surface area contributed by atoms with Crippen LogP contribution >= 0.6 is 11.8 Å². The molecule has 2 N–H and O–H groups in total. The Labute approximate surface area is 163 Å². The zero-order valence-electron chi connectivity index (χ0n) is 15.5. The van der Waals surface area contributed by atoms with Gasteiger partial charge in [-0.05, 0) is 31.7 Å². The second-order valence-electron chi connectivity index (χ2n) is 6.65. The van der Waals surface area contributed by atoms with Gasteiger partial charge in [-0.15, -0.1) is 0 Å². The summed E-state index contributed by atoms with van der Waals surface area (Å²) in [6.45, 7) is 3.14. The highest BCUT2D eigenvalue weighted by atomic mass is 32.2. The Hall–Kier alpha value is -2.12. The van der Waals surface area contributed by atoms with Crippen molar-refractivity contribution in [2.45, 2.75) is 49.6 Å². The first-order valence-electron chi connectivity index (χ1n) is 9.26. The van der Waals surface area contributed by atoms with E-state index in [1.165, 1.54) is 17.3 Å². The number of nitrogens with zero attached hydrogens (tertiary/aromatic N) is 1. The zero-order chi connectivity index (χ0) is 19.1. The Kier molecular flexibility index (Phi) is 7.06. The molecular weight excluding hydrogens is 362 g/mol. The molecule has 0 bridgehead atoms. The molecule has 3 rings (SSSR count). The molecule has 27 heavy (non-hydrogen) atoms. The highest BCUT2D eigenvalue weighted by Crippen LogP contribution is 2.19. The van der Waals surface area contributed by atoms with Gasteiger partial charge in [-0.3, -0.25) is 9.59 Å². The van der Waals surface area contributed by atoms with E-state index in [1.807, 2.05) is 37.3 Å². The predicted molar refractivity (Wildman–Crippen MR) is 106 cm³/mol. The Balaban J connectivity index is 1.51. The van der Waals surface area contributed by atoms with Gasteiger partial charge in [0.1, 0.15) is 0 Å². The van der Waals surface area contributed by atoms with Crippen molar-refractivity contribution in [3.05, 3.63) is 57.5 Å². The molecule has 1 amide bonds. The number of ether oxygens (including phenoxy) is 1. The fourth-order valence-corrected chi connectivity index (χ4v) is 3.90. The molecule has 1 aromatic carbocycles. The Morgan fingerprint density at radius 2 is 2.19 bits per heavy atom. The van der Waals surface area contributed by atoms with Crippen molar-refractivity contribution in [1.82, 2.24) is 15.3 Å². The fourth-order valence-electron chi connectivity index (χ4n) is 3.03. The number of aryl methyl sites for hydroxylation is 1. The van der Waals surface area contributed by atoms with E-state index < -0.39 is 0 Å². The van der Waals surface area contributed by atoms with E-state index in [4.69, 9.17) is 4.74 Å². The van der Waals surface area contributed by atoms with Crippen LogP contribution in [0.15, 0.2) is 40.3 Å². The van der Waals surface area contributed by atoms with E-state index in [2.05, 4.69) is 15.3 Å². The number of H-pyrrole nitrogens is 1. The highest BCUT2D eigenvalue weighted by Gasteiger charge is 2.16. The second kappa shape index (κ2) is 9.71. The molecule has 0 unspecified atom stereocenters. The molecule has 7 heteroatoms. The van der Waals surface area contributed by atoms with Crippen LogP contribution in [0.1, 0.15) is 36.1 Å². The lowest BCUT2D eigenvalue weighted by molar-refractivity contribution is -0.121. The molecule has 0 spiro atoms. The van der Waals surface area contributed by atoms with Crippen LogP contribution in [0.3, 0.4) is 0 Å². The summed E-state index contributed by atoms with van der Waals surface area (Å²) >= 11 is 1.50. The maximum absolute atomic E-state index is 12.4. The summed E-state index contributed by atoms with van der Waals surface area (Å²) in [5.74, 6) is 0.681. The molecule has 144 valence electrons. The summed E-state index contributed by atoms with van der Waals surface area (Å²) < 4.78 is 5.49. The highest BCUT2D eigenvalue weighted by molar-refractivity contribution is 7.98.